The van der Waals surface area contributed by atoms with Crippen LogP contribution in [0.15, 0.2) is 35.8 Å². The van der Waals surface area contributed by atoms with E-state index in [2.05, 4.69) is 10.3 Å². The summed E-state index contributed by atoms with van der Waals surface area (Å²) in [5, 5.41) is 5.81. The van der Waals surface area contributed by atoms with Gasteiger partial charge in [0.15, 0.2) is 0 Å². The Morgan fingerprint density at radius 2 is 2.05 bits per heavy atom. The highest BCUT2D eigenvalue weighted by Gasteiger charge is 2.04. The molecule has 4 nitrogen and oxygen atoms in total. The number of amides is 1. The van der Waals surface area contributed by atoms with Crippen molar-refractivity contribution < 1.29 is 4.79 Å². The fourth-order valence-electron chi connectivity index (χ4n) is 1.66. The maximum atomic E-state index is 11.8. The molecule has 1 aromatic heterocycles. The van der Waals surface area contributed by atoms with Crippen molar-refractivity contribution in [1.82, 2.24) is 4.98 Å². The van der Waals surface area contributed by atoms with Crippen LogP contribution in [0.2, 0.25) is 0 Å². The number of aryl methyl sites for hydroxylation is 1. The van der Waals surface area contributed by atoms with Crippen molar-refractivity contribution in [3.63, 3.8) is 0 Å². The number of hydrogen-bond acceptors (Lipinski definition) is 4. The van der Waals surface area contributed by atoms with Gasteiger partial charge in [-0.15, -0.1) is 11.3 Å². The van der Waals surface area contributed by atoms with Crippen LogP contribution in [-0.4, -0.2) is 25.0 Å². The molecule has 0 atom stereocenters. The van der Waals surface area contributed by atoms with Crippen molar-refractivity contribution in [2.24, 2.45) is 0 Å². The molecule has 0 aliphatic rings. The van der Waals surface area contributed by atoms with Crippen molar-refractivity contribution in [3.05, 3.63) is 40.8 Å². The molecule has 0 aliphatic heterocycles. The summed E-state index contributed by atoms with van der Waals surface area (Å²) in [6.45, 7) is 0. The first kappa shape index (κ1) is 13.5. The van der Waals surface area contributed by atoms with E-state index in [1.807, 2.05) is 48.6 Å². The number of anilines is 2. The van der Waals surface area contributed by atoms with E-state index in [0.717, 1.165) is 16.4 Å². The number of nitrogens with one attached hydrogen (secondary N) is 1. The van der Waals surface area contributed by atoms with E-state index in [9.17, 15) is 4.79 Å². The van der Waals surface area contributed by atoms with Gasteiger partial charge in [-0.2, -0.15) is 0 Å². The van der Waals surface area contributed by atoms with Crippen LogP contribution in [-0.2, 0) is 11.2 Å². The number of nitrogens with zero attached hydrogens (tertiary/aromatic N) is 2. The summed E-state index contributed by atoms with van der Waals surface area (Å²) < 4.78 is 0. The number of rotatable bonds is 5. The fourth-order valence-corrected chi connectivity index (χ4v) is 2.28. The lowest BCUT2D eigenvalue weighted by atomic mass is 10.2. The van der Waals surface area contributed by atoms with Gasteiger partial charge in [-0.3, -0.25) is 4.79 Å². The van der Waals surface area contributed by atoms with Crippen LogP contribution >= 0.6 is 11.3 Å². The predicted molar refractivity (Wildman–Crippen MR) is 79.8 cm³/mol. The first-order valence-electron chi connectivity index (χ1n) is 6.11. The topological polar surface area (TPSA) is 45.2 Å². The molecule has 1 N–H and O–H groups in total. The van der Waals surface area contributed by atoms with E-state index in [1.165, 1.54) is 0 Å². The monoisotopic (exact) mass is 275 g/mol. The molecule has 5 heteroatoms. The molecule has 2 aromatic rings. The molecule has 19 heavy (non-hydrogen) atoms. The van der Waals surface area contributed by atoms with Crippen LogP contribution in [0.3, 0.4) is 0 Å². The van der Waals surface area contributed by atoms with Crippen LogP contribution in [0, 0.1) is 0 Å². The normalized spacial score (nSPS) is 10.2. The summed E-state index contributed by atoms with van der Waals surface area (Å²) in [5.74, 6) is 0.0211. The molecule has 0 radical (unpaired) electrons. The zero-order valence-electron chi connectivity index (χ0n) is 11.1. The molecule has 1 amide bonds. The average Bonchev–Trinajstić information content (AvgIpc) is 2.90. The molecule has 0 aliphatic carbocycles. The summed E-state index contributed by atoms with van der Waals surface area (Å²) in [7, 11) is 3.98. The second-order valence-electron chi connectivity index (χ2n) is 4.42. The van der Waals surface area contributed by atoms with Crippen LogP contribution in [0.25, 0.3) is 0 Å². The summed E-state index contributed by atoms with van der Waals surface area (Å²) in [4.78, 5) is 18.0. The number of hydrogen-bond donors (Lipinski definition) is 1. The van der Waals surface area contributed by atoms with E-state index in [4.69, 9.17) is 0 Å². The number of carbonyl (C=O) groups excluding carboxylic acids is 1. The molecule has 0 bridgehead atoms. The molecule has 0 unspecified atom stereocenters. The van der Waals surface area contributed by atoms with Gasteiger partial charge in [0.05, 0.1) is 5.01 Å². The smallest absolute Gasteiger partial charge is 0.224 e. The van der Waals surface area contributed by atoms with Gasteiger partial charge in [0.1, 0.15) is 0 Å². The van der Waals surface area contributed by atoms with Crippen molar-refractivity contribution in [2.45, 2.75) is 12.8 Å². The maximum absolute atomic E-state index is 11.8. The fraction of sp³-hybridized carbons (Fsp3) is 0.286. The minimum Gasteiger partial charge on any atom is -0.378 e. The summed E-state index contributed by atoms with van der Waals surface area (Å²) >= 11 is 1.58. The van der Waals surface area contributed by atoms with E-state index >= 15 is 0 Å². The third-order valence-corrected chi connectivity index (χ3v) is 3.56. The Bertz CT molecular complexity index is 520. The highest BCUT2D eigenvalue weighted by atomic mass is 32.1. The average molecular weight is 275 g/mol. The summed E-state index contributed by atoms with van der Waals surface area (Å²) in [6, 6.07) is 7.79. The molecule has 0 saturated heterocycles. The number of thiazole rings is 1. The van der Waals surface area contributed by atoms with Gasteiger partial charge >= 0.3 is 0 Å². The Morgan fingerprint density at radius 1 is 1.32 bits per heavy atom. The quantitative estimate of drug-likeness (QED) is 0.912. The number of benzene rings is 1. The largest absolute Gasteiger partial charge is 0.378 e. The highest BCUT2D eigenvalue weighted by Crippen LogP contribution is 2.16. The molecule has 1 aromatic carbocycles. The van der Waals surface area contributed by atoms with Crippen molar-refractivity contribution in [3.8, 4) is 0 Å². The van der Waals surface area contributed by atoms with Gasteiger partial charge in [-0.1, -0.05) is 0 Å². The third-order valence-electron chi connectivity index (χ3n) is 2.72. The van der Waals surface area contributed by atoms with Gasteiger partial charge in [0.25, 0.3) is 0 Å². The molecule has 1 heterocycles. The number of carbonyl (C=O) groups is 1. The SMILES string of the molecule is CN(C)c1ccc(NC(=O)CCc2nccs2)cc1. The predicted octanol–water partition coefficient (Wildman–Crippen LogP) is 2.78. The third kappa shape index (κ3) is 4.06. The molecule has 2 rings (SSSR count). The minimum absolute atomic E-state index is 0.0211. The van der Waals surface area contributed by atoms with Gasteiger partial charge < -0.3 is 10.2 Å². The van der Waals surface area contributed by atoms with E-state index in [0.29, 0.717) is 12.8 Å². The van der Waals surface area contributed by atoms with Crippen molar-refractivity contribution in [1.29, 1.82) is 0 Å². The lowest BCUT2D eigenvalue weighted by molar-refractivity contribution is -0.116. The second-order valence-corrected chi connectivity index (χ2v) is 5.39. The first-order valence-corrected chi connectivity index (χ1v) is 6.99. The van der Waals surface area contributed by atoms with Gasteiger partial charge in [-0.05, 0) is 24.3 Å². The molecule has 0 fully saturated rings. The maximum Gasteiger partial charge on any atom is 0.224 e. The molecule has 0 saturated carbocycles. The molecular formula is C14H17N3OS. The summed E-state index contributed by atoms with van der Waals surface area (Å²) in [5.41, 5.74) is 1.94. The minimum atomic E-state index is 0.0211. The Balaban J connectivity index is 1.84. The van der Waals surface area contributed by atoms with Gasteiger partial charge in [-0.25, -0.2) is 4.98 Å². The second kappa shape index (κ2) is 6.33. The summed E-state index contributed by atoms with van der Waals surface area (Å²) in [6.07, 6.45) is 2.92. The Kier molecular flexibility index (Phi) is 4.52. The Hall–Kier alpha value is -1.88. The van der Waals surface area contributed by atoms with E-state index < -0.39 is 0 Å². The molecule has 100 valence electrons. The van der Waals surface area contributed by atoms with Gasteiger partial charge in [0.2, 0.25) is 5.91 Å². The zero-order valence-corrected chi connectivity index (χ0v) is 11.9. The van der Waals surface area contributed by atoms with E-state index in [1.54, 1.807) is 17.5 Å². The van der Waals surface area contributed by atoms with Crippen LogP contribution < -0.4 is 10.2 Å². The highest BCUT2D eigenvalue weighted by molar-refractivity contribution is 7.09. The number of aromatic nitrogens is 1. The van der Waals surface area contributed by atoms with Crippen LogP contribution in [0.4, 0.5) is 11.4 Å². The lowest BCUT2D eigenvalue weighted by Gasteiger charge is -2.13. The molecular weight excluding hydrogens is 258 g/mol. The first-order chi connectivity index (χ1) is 9.15. The Morgan fingerprint density at radius 3 is 2.63 bits per heavy atom. The lowest BCUT2D eigenvalue weighted by Crippen LogP contribution is -2.13. The van der Waals surface area contributed by atoms with E-state index in [-0.39, 0.29) is 5.91 Å². The molecule has 0 spiro atoms. The van der Waals surface area contributed by atoms with Gasteiger partial charge in [0, 0.05) is 49.9 Å². The van der Waals surface area contributed by atoms with Crippen LogP contribution in [0.1, 0.15) is 11.4 Å². The van der Waals surface area contributed by atoms with Crippen LogP contribution in [0.5, 0.6) is 0 Å². The van der Waals surface area contributed by atoms with Crippen molar-refractivity contribution >= 4 is 28.6 Å². The Labute approximate surface area is 117 Å². The standard InChI is InChI=1S/C14H17N3OS/c1-17(2)12-5-3-11(4-6-12)16-13(18)7-8-14-15-9-10-19-14/h3-6,9-10H,7-8H2,1-2H3,(H,16,18). The van der Waals surface area contributed by atoms with Crippen molar-refractivity contribution in [2.75, 3.05) is 24.3 Å². The zero-order chi connectivity index (χ0) is 13.7.